The number of phenolic OH excluding ortho intramolecular Hbond substituents is 1. The number of esters is 1. The second kappa shape index (κ2) is 13.6. The average molecular weight is 636 g/mol. The molecule has 5 rings (SSSR count). The smallest absolute Gasteiger partial charge is 0.340 e. The Hall–Kier alpha value is -4.68. The molecule has 0 unspecified atom stereocenters. The van der Waals surface area contributed by atoms with E-state index in [1.807, 2.05) is 68.6 Å². The first-order valence-electron chi connectivity index (χ1n) is 16.3. The molecule has 1 aliphatic rings. The minimum atomic E-state index is -0.998. The first-order chi connectivity index (χ1) is 22.4. The summed E-state index contributed by atoms with van der Waals surface area (Å²) in [6.45, 7) is 17.5. The van der Waals surface area contributed by atoms with Gasteiger partial charge in [0.15, 0.2) is 11.8 Å². The molecule has 3 heterocycles. The fourth-order valence-corrected chi connectivity index (χ4v) is 6.31. The lowest BCUT2D eigenvalue weighted by molar-refractivity contribution is -0.166. The van der Waals surface area contributed by atoms with Crippen molar-refractivity contribution in [2.75, 3.05) is 24.6 Å². The lowest BCUT2D eigenvalue weighted by Crippen LogP contribution is -2.41. The summed E-state index contributed by atoms with van der Waals surface area (Å²) in [6.07, 6.45) is 5.01. The number of ether oxygens (including phenoxy) is 2. The molecule has 1 fully saturated rings. The van der Waals surface area contributed by atoms with Gasteiger partial charge in [0, 0.05) is 36.0 Å². The third-order valence-electron chi connectivity index (χ3n) is 8.86. The maximum Gasteiger partial charge on any atom is 0.340 e. The van der Waals surface area contributed by atoms with Crippen molar-refractivity contribution < 1.29 is 19.4 Å². The number of anilines is 1. The molecule has 2 aromatic heterocycles. The van der Waals surface area contributed by atoms with Gasteiger partial charge in [0.25, 0.3) is 0 Å². The van der Waals surface area contributed by atoms with Crippen molar-refractivity contribution in [3.8, 4) is 34.2 Å². The first kappa shape index (κ1) is 33.7. The normalized spacial score (nSPS) is 15.3. The van der Waals surface area contributed by atoms with Gasteiger partial charge in [-0.15, -0.1) is 6.58 Å². The molecule has 4 aromatic rings. The average Bonchev–Trinajstić information content (AvgIpc) is 3.46. The van der Waals surface area contributed by atoms with E-state index in [0.29, 0.717) is 33.7 Å². The summed E-state index contributed by atoms with van der Waals surface area (Å²) in [7, 11) is 0. The zero-order valence-corrected chi connectivity index (χ0v) is 28.3. The predicted octanol–water partition coefficient (Wildman–Crippen LogP) is 7.94. The number of hydrogen-bond donors (Lipinski definition) is 1. The van der Waals surface area contributed by atoms with Gasteiger partial charge in [-0.25, -0.2) is 9.78 Å². The summed E-state index contributed by atoms with van der Waals surface area (Å²) >= 11 is 0. The summed E-state index contributed by atoms with van der Waals surface area (Å²) in [6, 6.07) is 16.6. The summed E-state index contributed by atoms with van der Waals surface area (Å²) in [5, 5.41) is 25.1. The molecule has 2 aromatic carbocycles. The van der Waals surface area contributed by atoms with E-state index in [-0.39, 0.29) is 17.8 Å². The lowest BCUT2D eigenvalue weighted by Gasteiger charge is -2.41. The number of allylic oxidation sites excluding steroid dienone is 1. The number of hydrogen-bond acceptors (Lipinski definition) is 8. The van der Waals surface area contributed by atoms with E-state index in [9.17, 15) is 15.2 Å². The highest BCUT2D eigenvalue weighted by atomic mass is 16.6. The van der Waals surface area contributed by atoms with Crippen LogP contribution in [0.2, 0.25) is 0 Å². The van der Waals surface area contributed by atoms with E-state index in [4.69, 9.17) is 19.6 Å². The van der Waals surface area contributed by atoms with Gasteiger partial charge in [-0.3, -0.25) is 0 Å². The Kier molecular flexibility index (Phi) is 9.73. The van der Waals surface area contributed by atoms with Crippen molar-refractivity contribution in [3.63, 3.8) is 0 Å². The molecule has 0 saturated carbocycles. The quantitative estimate of drug-likeness (QED) is 0.138. The second-order valence-corrected chi connectivity index (χ2v) is 13.6. The molecule has 9 heteroatoms. The highest BCUT2D eigenvalue weighted by Gasteiger charge is 2.38. The Morgan fingerprint density at radius 2 is 1.89 bits per heavy atom. The van der Waals surface area contributed by atoms with Crippen LogP contribution in [-0.2, 0) is 14.3 Å². The van der Waals surface area contributed by atoms with Crippen molar-refractivity contribution in [3.05, 3.63) is 78.0 Å². The number of benzene rings is 2. The van der Waals surface area contributed by atoms with Crippen molar-refractivity contribution in [2.24, 2.45) is 5.41 Å². The van der Waals surface area contributed by atoms with Crippen LogP contribution in [0.4, 0.5) is 5.82 Å². The number of aromatic nitrogens is 3. The van der Waals surface area contributed by atoms with Crippen LogP contribution >= 0.6 is 0 Å². The van der Waals surface area contributed by atoms with Gasteiger partial charge in [-0.2, -0.15) is 14.9 Å². The van der Waals surface area contributed by atoms with Crippen LogP contribution in [-0.4, -0.2) is 51.0 Å². The Morgan fingerprint density at radius 1 is 1.17 bits per heavy atom. The standard InChI is InChI=1S/C38H45N5O4/c1-8-10-16-38(7)17-19-42(20-18-38)35-33(34(36(45)46-9-2)47-37(4,5)6)25(3)40-32-23-30(41-43(32)35)28-13-11-12-27(22-28)29-21-26(24-39)14-15-31(29)44/h8,11-15,21-23,34,44H,1,9-10,16-20H2,2-7H3/t34-/m0/s1. The van der Waals surface area contributed by atoms with E-state index in [0.717, 1.165) is 55.7 Å². The van der Waals surface area contributed by atoms with Crippen LogP contribution in [0.5, 0.6) is 5.75 Å². The van der Waals surface area contributed by atoms with Gasteiger partial charge in [0.2, 0.25) is 0 Å². The molecule has 0 bridgehead atoms. The van der Waals surface area contributed by atoms with Crippen molar-refractivity contribution >= 4 is 17.4 Å². The van der Waals surface area contributed by atoms with Gasteiger partial charge in [-0.1, -0.05) is 31.2 Å². The van der Waals surface area contributed by atoms with E-state index < -0.39 is 17.7 Å². The molecule has 1 saturated heterocycles. The second-order valence-electron chi connectivity index (χ2n) is 13.6. The predicted molar refractivity (Wildman–Crippen MR) is 184 cm³/mol. The summed E-state index contributed by atoms with van der Waals surface area (Å²) in [4.78, 5) is 20.8. The summed E-state index contributed by atoms with van der Waals surface area (Å²) < 4.78 is 13.8. The number of nitrogens with zero attached hydrogens (tertiary/aromatic N) is 5. The topological polar surface area (TPSA) is 113 Å². The molecular formula is C38H45N5O4. The number of piperidine rings is 1. The highest BCUT2D eigenvalue weighted by molar-refractivity contribution is 5.81. The van der Waals surface area contributed by atoms with Crippen LogP contribution in [0, 0.1) is 23.7 Å². The van der Waals surface area contributed by atoms with Crippen LogP contribution in [0.25, 0.3) is 28.0 Å². The fourth-order valence-electron chi connectivity index (χ4n) is 6.31. The Balaban J connectivity index is 1.67. The monoisotopic (exact) mass is 635 g/mol. The molecule has 9 nitrogen and oxygen atoms in total. The molecule has 0 radical (unpaired) electrons. The number of carbonyl (C=O) groups excluding carboxylic acids is 1. The van der Waals surface area contributed by atoms with Gasteiger partial charge >= 0.3 is 5.97 Å². The molecule has 0 amide bonds. The number of phenols is 1. The van der Waals surface area contributed by atoms with Crippen LogP contribution in [0.1, 0.15) is 83.2 Å². The molecule has 1 atom stereocenters. The number of aryl methyl sites for hydroxylation is 1. The highest BCUT2D eigenvalue weighted by Crippen LogP contribution is 2.41. The molecule has 47 heavy (non-hydrogen) atoms. The summed E-state index contributed by atoms with van der Waals surface area (Å²) in [5.74, 6) is 0.414. The zero-order valence-electron chi connectivity index (χ0n) is 28.3. The lowest BCUT2D eigenvalue weighted by atomic mass is 9.76. The van der Waals surface area contributed by atoms with Crippen LogP contribution in [0.15, 0.2) is 61.2 Å². The van der Waals surface area contributed by atoms with Crippen LogP contribution < -0.4 is 4.90 Å². The minimum Gasteiger partial charge on any atom is -0.507 e. The van der Waals surface area contributed by atoms with E-state index in [1.165, 1.54) is 6.07 Å². The van der Waals surface area contributed by atoms with Gasteiger partial charge in [0.1, 0.15) is 11.6 Å². The van der Waals surface area contributed by atoms with Crippen LogP contribution in [0.3, 0.4) is 0 Å². The number of fused-ring (bicyclic) bond motifs is 1. The minimum absolute atomic E-state index is 0.0921. The number of nitriles is 1. The van der Waals surface area contributed by atoms with Gasteiger partial charge < -0.3 is 19.5 Å². The van der Waals surface area contributed by atoms with E-state index in [1.54, 1.807) is 19.1 Å². The third kappa shape index (κ3) is 7.34. The fraction of sp³-hybridized carbons (Fsp3) is 0.421. The number of rotatable bonds is 10. The maximum atomic E-state index is 13.6. The zero-order chi connectivity index (χ0) is 33.9. The largest absolute Gasteiger partial charge is 0.507 e. The molecule has 0 aliphatic carbocycles. The Labute approximate surface area is 277 Å². The molecular weight excluding hydrogens is 590 g/mol. The SMILES string of the molecule is C=CCCC1(C)CCN(c2c([C@H](OC(C)(C)C)C(=O)OCC)c(C)nc3cc(-c4cccc(-c5cc(C#N)ccc5O)c4)nn23)CC1. The third-order valence-corrected chi connectivity index (χ3v) is 8.86. The molecule has 246 valence electrons. The molecule has 0 spiro atoms. The van der Waals surface area contributed by atoms with Gasteiger partial charge in [-0.05, 0) is 95.5 Å². The van der Waals surface area contributed by atoms with Crippen molar-refractivity contribution in [1.82, 2.24) is 14.6 Å². The van der Waals surface area contributed by atoms with Crippen molar-refractivity contribution in [1.29, 1.82) is 5.26 Å². The van der Waals surface area contributed by atoms with E-state index in [2.05, 4.69) is 24.5 Å². The summed E-state index contributed by atoms with van der Waals surface area (Å²) in [5.41, 5.74) is 4.83. The van der Waals surface area contributed by atoms with E-state index >= 15 is 0 Å². The maximum absolute atomic E-state index is 13.6. The molecule has 1 N–H and O–H groups in total. The molecule has 1 aliphatic heterocycles. The first-order valence-corrected chi connectivity index (χ1v) is 16.3. The van der Waals surface area contributed by atoms with Crippen molar-refractivity contribution in [2.45, 2.75) is 78.9 Å². The number of aromatic hydroxyl groups is 1. The number of carbonyl (C=O) groups is 1. The van der Waals surface area contributed by atoms with Gasteiger partial charge in [0.05, 0.1) is 35.1 Å². The Bertz CT molecular complexity index is 1820. The Morgan fingerprint density at radius 3 is 2.55 bits per heavy atom.